The highest BCUT2D eigenvalue weighted by atomic mass is 16.5. The number of ether oxygens (including phenoxy) is 1. The maximum absolute atomic E-state index is 11.9. The van der Waals surface area contributed by atoms with E-state index in [1.807, 2.05) is 48.3 Å². The number of nitrogens with one attached hydrogen (secondary N) is 1. The number of carbonyl (C=O) groups is 1. The number of hydrogen-bond acceptors (Lipinski definition) is 4. The Morgan fingerprint density at radius 3 is 2.59 bits per heavy atom. The highest BCUT2D eigenvalue weighted by Crippen LogP contribution is 2.22. The van der Waals surface area contributed by atoms with E-state index < -0.39 is 0 Å². The Morgan fingerprint density at radius 1 is 1.18 bits per heavy atom. The third-order valence-electron chi connectivity index (χ3n) is 3.32. The lowest BCUT2D eigenvalue weighted by Crippen LogP contribution is -2.26. The van der Waals surface area contributed by atoms with Crippen LogP contribution < -0.4 is 10.2 Å². The Kier molecular flexibility index (Phi) is 5.91. The van der Waals surface area contributed by atoms with Crippen molar-refractivity contribution in [2.75, 3.05) is 32.2 Å². The number of pyridine rings is 1. The van der Waals surface area contributed by atoms with Crippen LogP contribution in [0.3, 0.4) is 0 Å². The minimum atomic E-state index is -0.162. The lowest BCUT2D eigenvalue weighted by Gasteiger charge is -2.19. The fourth-order valence-electron chi connectivity index (χ4n) is 2.03. The first-order valence-electron chi connectivity index (χ1n) is 7.24. The third-order valence-corrected chi connectivity index (χ3v) is 3.32. The molecule has 0 saturated heterocycles. The van der Waals surface area contributed by atoms with Gasteiger partial charge in [0.1, 0.15) is 5.69 Å². The van der Waals surface area contributed by atoms with Crippen LogP contribution in [0.2, 0.25) is 0 Å². The summed E-state index contributed by atoms with van der Waals surface area (Å²) in [6, 6.07) is 13.6. The quantitative estimate of drug-likeness (QED) is 0.799. The predicted molar refractivity (Wildman–Crippen MR) is 87.6 cm³/mol. The van der Waals surface area contributed by atoms with E-state index in [0.717, 1.165) is 17.8 Å². The second kappa shape index (κ2) is 8.14. The fraction of sp³-hybridized carbons (Fsp3) is 0.294. The molecule has 2 aromatic rings. The number of rotatable bonds is 7. The number of hydrogen-bond donors (Lipinski definition) is 1. The Bertz CT molecular complexity index is 585. The molecule has 0 aliphatic heterocycles. The van der Waals surface area contributed by atoms with Crippen LogP contribution in [0, 0.1) is 0 Å². The largest absolute Gasteiger partial charge is 0.385 e. The fourth-order valence-corrected chi connectivity index (χ4v) is 2.03. The summed E-state index contributed by atoms with van der Waals surface area (Å²) in [6.45, 7) is 1.22. The molecule has 1 N–H and O–H groups in total. The van der Waals surface area contributed by atoms with E-state index in [4.69, 9.17) is 4.74 Å². The van der Waals surface area contributed by atoms with Crippen LogP contribution in [-0.2, 0) is 4.74 Å². The smallest absolute Gasteiger partial charge is 0.269 e. The van der Waals surface area contributed by atoms with Crippen LogP contribution >= 0.6 is 0 Å². The molecule has 1 aromatic heterocycles. The number of methoxy groups -OCH3 is 1. The molecule has 2 rings (SSSR count). The summed E-state index contributed by atoms with van der Waals surface area (Å²) in [6.07, 6.45) is 2.49. The van der Waals surface area contributed by atoms with Crippen LogP contribution in [0.1, 0.15) is 16.9 Å². The van der Waals surface area contributed by atoms with Crippen molar-refractivity contribution in [2.24, 2.45) is 0 Å². The van der Waals surface area contributed by atoms with Crippen molar-refractivity contribution in [3.63, 3.8) is 0 Å². The molecule has 0 fully saturated rings. The summed E-state index contributed by atoms with van der Waals surface area (Å²) in [7, 11) is 3.61. The molecule has 1 amide bonds. The molecule has 5 heteroatoms. The van der Waals surface area contributed by atoms with Gasteiger partial charge in [0.25, 0.3) is 5.91 Å². The Morgan fingerprint density at radius 2 is 1.95 bits per heavy atom. The highest BCUT2D eigenvalue weighted by molar-refractivity contribution is 5.92. The van der Waals surface area contributed by atoms with Crippen LogP contribution in [0.5, 0.6) is 0 Å². The first-order valence-corrected chi connectivity index (χ1v) is 7.24. The van der Waals surface area contributed by atoms with Gasteiger partial charge < -0.3 is 15.0 Å². The van der Waals surface area contributed by atoms with E-state index >= 15 is 0 Å². The second-order valence-electron chi connectivity index (χ2n) is 4.90. The summed E-state index contributed by atoms with van der Waals surface area (Å²) in [5, 5.41) is 2.82. The average Bonchev–Trinajstić information content (AvgIpc) is 2.59. The van der Waals surface area contributed by atoms with E-state index in [1.54, 1.807) is 19.4 Å². The molecule has 0 radical (unpaired) electrons. The molecular weight excluding hydrogens is 278 g/mol. The van der Waals surface area contributed by atoms with Crippen LogP contribution in [0.4, 0.5) is 11.4 Å². The van der Waals surface area contributed by atoms with Crippen molar-refractivity contribution in [2.45, 2.75) is 6.42 Å². The zero-order valence-corrected chi connectivity index (χ0v) is 13.0. The number of carbonyl (C=O) groups excluding carboxylic acids is 1. The minimum Gasteiger partial charge on any atom is -0.385 e. The topological polar surface area (TPSA) is 54.5 Å². The lowest BCUT2D eigenvalue weighted by molar-refractivity contribution is 0.0943. The molecule has 0 atom stereocenters. The van der Waals surface area contributed by atoms with Gasteiger partial charge in [-0.15, -0.1) is 0 Å². The van der Waals surface area contributed by atoms with Crippen molar-refractivity contribution in [1.29, 1.82) is 0 Å². The standard InChI is InChI=1S/C17H21N3O2/c1-20(14-7-4-3-5-8-14)15-9-10-16(19-13-15)17(21)18-11-6-12-22-2/h3-5,7-10,13H,6,11-12H2,1-2H3,(H,18,21). The van der Waals surface area contributed by atoms with Crippen molar-refractivity contribution < 1.29 is 9.53 Å². The van der Waals surface area contributed by atoms with Crippen molar-refractivity contribution in [3.05, 3.63) is 54.4 Å². The number of aromatic nitrogens is 1. The van der Waals surface area contributed by atoms with Crippen molar-refractivity contribution in [1.82, 2.24) is 10.3 Å². The molecule has 1 aromatic carbocycles. The predicted octanol–water partition coefficient (Wildman–Crippen LogP) is 2.62. The minimum absolute atomic E-state index is 0.162. The van der Waals surface area contributed by atoms with E-state index in [2.05, 4.69) is 10.3 Å². The molecule has 0 unspecified atom stereocenters. The van der Waals surface area contributed by atoms with E-state index in [-0.39, 0.29) is 5.91 Å². The SMILES string of the molecule is COCCCNC(=O)c1ccc(N(C)c2ccccc2)cn1. The van der Waals surface area contributed by atoms with Gasteiger partial charge in [-0.2, -0.15) is 0 Å². The van der Waals surface area contributed by atoms with Gasteiger partial charge >= 0.3 is 0 Å². The zero-order valence-electron chi connectivity index (χ0n) is 13.0. The molecule has 0 saturated carbocycles. The molecule has 0 aliphatic rings. The number of anilines is 2. The number of para-hydroxylation sites is 1. The first kappa shape index (κ1) is 16.0. The molecule has 0 spiro atoms. The third kappa shape index (κ3) is 4.30. The molecule has 5 nitrogen and oxygen atoms in total. The maximum atomic E-state index is 11.9. The summed E-state index contributed by atoms with van der Waals surface area (Å²) < 4.78 is 4.94. The monoisotopic (exact) mass is 299 g/mol. The Hall–Kier alpha value is -2.40. The summed E-state index contributed by atoms with van der Waals surface area (Å²) in [4.78, 5) is 18.2. The van der Waals surface area contributed by atoms with Gasteiger partial charge in [0, 0.05) is 33.0 Å². The zero-order chi connectivity index (χ0) is 15.8. The van der Waals surface area contributed by atoms with E-state index in [1.165, 1.54) is 0 Å². The molecule has 0 bridgehead atoms. The normalized spacial score (nSPS) is 10.3. The number of benzene rings is 1. The number of amides is 1. The van der Waals surface area contributed by atoms with Gasteiger partial charge in [-0.1, -0.05) is 18.2 Å². The number of nitrogens with zero attached hydrogens (tertiary/aromatic N) is 2. The molecule has 116 valence electrons. The Balaban J connectivity index is 1.96. The van der Waals surface area contributed by atoms with Gasteiger partial charge in [-0.3, -0.25) is 4.79 Å². The van der Waals surface area contributed by atoms with Crippen LogP contribution in [0.25, 0.3) is 0 Å². The van der Waals surface area contributed by atoms with E-state index in [9.17, 15) is 4.79 Å². The first-order chi connectivity index (χ1) is 10.7. The summed E-state index contributed by atoms with van der Waals surface area (Å²) in [5.41, 5.74) is 2.42. The molecule has 0 aliphatic carbocycles. The van der Waals surface area contributed by atoms with Gasteiger partial charge in [-0.05, 0) is 30.7 Å². The van der Waals surface area contributed by atoms with Gasteiger partial charge in [0.15, 0.2) is 0 Å². The molecule has 1 heterocycles. The van der Waals surface area contributed by atoms with Gasteiger partial charge in [-0.25, -0.2) is 4.98 Å². The van der Waals surface area contributed by atoms with E-state index in [0.29, 0.717) is 18.8 Å². The molecular formula is C17H21N3O2. The van der Waals surface area contributed by atoms with Crippen molar-refractivity contribution in [3.8, 4) is 0 Å². The lowest BCUT2D eigenvalue weighted by atomic mass is 10.2. The average molecular weight is 299 g/mol. The van der Waals surface area contributed by atoms with Crippen LogP contribution in [0.15, 0.2) is 48.7 Å². The Labute approximate surface area is 130 Å². The molecule has 22 heavy (non-hydrogen) atoms. The van der Waals surface area contributed by atoms with Gasteiger partial charge in [0.2, 0.25) is 0 Å². The van der Waals surface area contributed by atoms with Gasteiger partial charge in [0.05, 0.1) is 11.9 Å². The summed E-state index contributed by atoms with van der Waals surface area (Å²) >= 11 is 0. The van der Waals surface area contributed by atoms with Crippen LogP contribution in [-0.4, -0.2) is 38.2 Å². The summed E-state index contributed by atoms with van der Waals surface area (Å²) in [5.74, 6) is -0.162. The van der Waals surface area contributed by atoms with Crippen molar-refractivity contribution >= 4 is 17.3 Å². The maximum Gasteiger partial charge on any atom is 0.269 e. The second-order valence-corrected chi connectivity index (χ2v) is 4.90. The highest BCUT2D eigenvalue weighted by Gasteiger charge is 2.08.